The Hall–Kier alpha value is 0.217. The van der Waals surface area contributed by atoms with Crippen molar-refractivity contribution >= 4 is 8.07 Å². The normalized spacial score (nSPS) is 25.8. The second-order valence-corrected chi connectivity index (χ2v) is 11.9. The van der Waals surface area contributed by atoms with Gasteiger partial charge in [0.25, 0.3) is 0 Å². The smallest absolute Gasteiger partial charge is 0.0473 e. The van der Waals surface area contributed by atoms with E-state index in [1.54, 1.807) is 0 Å². The first-order valence-electron chi connectivity index (χ1n) is 5.31. The standard InChI is InChI=1S/C11H24Si/c1-11(2)8-6-10(7-9-11)12(3,4)5/h10H,6-9H2,1-5H3. The topological polar surface area (TPSA) is 0 Å². The molecule has 1 aliphatic rings. The number of hydrogen-bond donors (Lipinski definition) is 0. The van der Waals surface area contributed by atoms with Crippen molar-refractivity contribution in [3.8, 4) is 0 Å². The molecule has 0 N–H and O–H groups in total. The molecule has 0 aliphatic heterocycles. The highest BCUT2D eigenvalue weighted by Crippen LogP contribution is 2.44. The van der Waals surface area contributed by atoms with Crippen LogP contribution in [-0.2, 0) is 0 Å². The van der Waals surface area contributed by atoms with E-state index in [2.05, 4.69) is 33.5 Å². The second-order valence-electron chi connectivity index (χ2n) is 6.30. The minimum absolute atomic E-state index is 0.649. The zero-order valence-corrected chi connectivity index (χ0v) is 10.4. The van der Waals surface area contributed by atoms with E-state index in [-0.39, 0.29) is 0 Å². The minimum Gasteiger partial charge on any atom is -0.0693 e. The number of rotatable bonds is 1. The molecule has 0 unspecified atom stereocenters. The fraction of sp³-hybridized carbons (Fsp3) is 1.00. The highest BCUT2D eigenvalue weighted by molar-refractivity contribution is 6.77. The molecule has 1 rings (SSSR count). The Bertz CT molecular complexity index is 143. The van der Waals surface area contributed by atoms with Gasteiger partial charge in [0, 0.05) is 8.07 Å². The molecule has 0 heterocycles. The minimum atomic E-state index is -0.819. The Morgan fingerprint density at radius 2 is 1.42 bits per heavy atom. The summed E-state index contributed by atoms with van der Waals surface area (Å²) in [5, 5.41) is 0. The summed E-state index contributed by atoms with van der Waals surface area (Å²) in [7, 11) is -0.819. The van der Waals surface area contributed by atoms with Crippen molar-refractivity contribution in [3.63, 3.8) is 0 Å². The van der Waals surface area contributed by atoms with Gasteiger partial charge >= 0.3 is 0 Å². The molecule has 72 valence electrons. The van der Waals surface area contributed by atoms with Crippen molar-refractivity contribution in [1.29, 1.82) is 0 Å². The molecule has 1 heteroatoms. The van der Waals surface area contributed by atoms with Crippen LogP contribution in [0.2, 0.25) is 25.2 Å². The van der Waals surface area contributed by atoms with Crippen molar-refractivity contribution < 1.29 is 0 Å². The molecular weight excluding hydrogens is 160 g/mol. The van der Waals surface area contributed by atoms with E-state index in [1.807, 2.05) is 0 Å². The zero-order chi connectivity index (χ0) is 9.41. The predicted molar refractivity (Wildman–Crippen MR) is 59.3 cm³/mol. The van der Waals surface area contributed by atoms with Crippen LogP contribution in [0.15, 0.2) is 0 Å². The first-order chi connectivity index (χ1) is 5.31. The Labute approximate surface area is 78.8 Å². The van der Waals surface area contributed by atoms with Crippen LogP contribution in [0.4, 0.5) is 0 Å². The van der Waals surface area contributed by atoms with Gasteiger partial charge in [0.05, 0.1) is 0 Å². The van der Waals surface area contributed by atoms with Gasteiger partial charge in [-0.05, 0) is 23.8 Å². The molecule has 0 amide bonds. The van der Waals surface area contributed by atoms with Gasteiger partial charge in [0.15, 0.2) is 0 Å². The van der Waals surface area contributed by atoms with E-state index in [0.29, 0.717) is 5.41 Å². The lowest BCUT2D eigenvalue weighted by molar-refractivity contribution is 0.242. The third-order valence-electron chi connectivity index (χ3n) is 3.56. The van der Waals surface area contributed by atoms with Crippen molar-refractivity contribution in [2.75, 3.05) is 0 Å². The third-order valence-corrected chi connectivity index (χ3v) is 6.59. The molecular formula is C11H24Si. The molecule has 0 radical (unpaired) electrons. The molecule has 0 nitrogen and oxygen atoms in total. The Morgan fingerprint density at radius 1 is 1.00 bits per heavy atom. The molecule has 0 saturated heterocycles. The van der Waals surface area contributed by atoms with Crippen LogP contribution >= 0.6 is 0 Å². The van der Waals surface area contributed by atoms with Crippen LogP contribution in [0.25, 0.3) is 0 Å². The Kier molecular flexibility index (Phi) is 2.72. The van der Waals surface area contributed by atoms with Crippen LogP contribution < -0.4 is 0 Å². The summed E-state index contributed by atoms with van der Waals surface area (Å²) in [6, 6.07) is 0. The van der Waals surface area contributed by atoms with Crippen LogP contribution in [-0.4, -0.2) is 8.07 Å². The fourth-order valence-corrected chi connectivity index (χ4v) is 4.29. The maximum absolute atomic E-state index is 2.52. The second kappa shape index (κ2) is 3.17. The Balaban J connectivity index is 2.47. The van der Waals surface area contributed by atoms with Crippen molar-refractivity contribution in [2.24, 2.45) is 5.41 Å². The van der Waals surface area contributed by atoms with Crippen molar-refractivity contribution in [1.82, 2.24) is 0 Å². The van der Waals surface area contributed by atoms with Gasteiger partial charge in [-0.3, -0.25) is 0 Å². The average molecular weight is 184 g/mol. The largest absolute Gasteiger partial charge is 0.0693 e. The molecule has 0 aromatic carbocycles. The van der Waals surface area contributed by atoms with E-state index in [1.165, 1.54) is 25.7 Å². The third kappa shape index (κ3) is 2.62. The summed E-state index contributed by atoms with van der Waals surface area (Å²) in [6.07, 6.45) is 5.93. The highest BCUT2D eigenvalue weighted by Gasteiger charge is 2.33. The maximum atomic E-state index is 2.52. The fourth-order valence-electron chi connectivity index (χ4n) is 2.27. The van der Waals surface area contributed by atoms with Crippen LogP contribution in [0.3, 0.4) is 0 Å². The first kappa shape index (κ1) is 10.3. The van der Waals surface area contributed by atoms with Gasteiger partial charge in [0.2, 0.25) is 0 Å². The summed E-state index contributed by atoms with van der Waals surface area (Å²) in [6.45, 7) is 12.4. The van der Waals surface area contributed by atoms with Gasteiger partial charge < -0.3 is 0 Å². The molecule has 1 fully saturated rings. The van der Waals surface area contributed by atoms with Crippen LogP contribution in [0.5, 0.6) is 0 Å². The lowest BCUT2D eigenvalue weighted by Crippen LogP contribution is -2.33. The zero-order valence-electron chi connectivity index (χ0n) is 9.41. The van der Waals surface area contributed by atoms with Gasteiger partial charge in [-0.15, -0.1) is 0 Å². The molecule has 0 atom stereocenters. The van der Waals surface area contributed by atoms with Crippen molar-refractivity contribution in [3.05, 3.63) is 0 Å². The van der Waals surface area contributed by atoms with E-state index in [9.17, 15) is 0 Å². The monoisotopic (exact) mass is 184 g/mol. The van der Waals surface area contributed by atoms with E-state index in [0.717, 1.165) is 5.54 Å². The van der Waals surface area contributed by atoms with E-state index in [4.69, 9.17) is 0 Å². The Morgan fingerprint density at radius 3 is 1.75 bits per heavy atom. The number of hydrogen-bond acceptors (Lipinski definition) is 0. The van der Waals surface area contributed by atoms with Crippen molar-refractivity contribution in [2.45, 2.75) is 64.7 Å². The summed E-state index contributed by atoms with van der Waals surface area (Å²) >= 11 is 0. The lowest BCUT2D eigenvalue weighted by Gasteiger charge is -2.39. The summed E-state index contributed by atoms with van der Waals surface area (Å²) in [4.78, 5) is 0. The van der Waals surface area contributed by atoms with Crippen LogP contribution in [0, 0.1) is 5.41 Å². The molecule has 0 spiro atoms. The maximum Gasteiger partial charge on any atom is 0.0473 e. The van der Waals surface area contributed by atoms with Gasteiger partial charge in [-0.2, -0.15) is 0 Å². The molecule has 1 aliphatic carbocycles. The molecule has 0 bridgehead atoms. The summed E-state index contributed by atoms with van der Waals surface area (Å²) in [5.41, 5.74) is 1.75. The van der Waals surface area contributed by atoms with Gasteiger partial charge in [0.1, 0.15) is 0 Å². The quantitative estimate of drug-likeness (QED) is 0.533. The highest BCUT2D eigenvalue weighted by atomic mass is 28.3. The summed E-state index contributed by atoms with van der Waals surface area (Å²) in [5.74, 6) is 0. The van der Waals surface area contributed by atoms with E-state index < -0.39 is 8.07 Å². The SMILES string of the molecule is CC1(C)CCC([Si](C)(C)C)CC1. The molecule has 1 saturated carbocycles. The molecule has 0 aromatic heterocycles. The van der Waals surface area contributed by atoms with Gasteiger partial charge in [-0.1, -0.05) is 46.3 Å². The molecule has 0 aromatic rings. The first-order valence-corrected chi connectivity index (χ1v) is 8.89. The lowest BCUT2D eigenvalue weighted by atomic mass is 9.77. The molecule has 12 heavy (non-hydrogen) atoms. The van der Waals surface area contributed by atoms with Gasteiger partial charge in [-0.25, -0.2) is 0 Å². The average Bonchev–Trinajstić information content (AvgIpc) is 1.83. The summed E-state index contributed by atoms with van der Waals surface area (Å²) < 4.78 is 0. The van der Waals surface area contributed by atoms with Crippen LogP contribution in [0.1, 0.15) is 39.5 Å². The predicted octanol–water partition coefficient (Wildman–Crippen LogP) is 4.30. The van der Waals surface area contributed by atoms with E-state index >= 15 is 0 Å².